The molecule has 2 aliphatic heterocycles. The lowest BCUT2D eigenvalue weighted by Gasteiger charge is -2.25. The summed E-state index contributed by atoms with van der Waals surface area (Å²) in [6.45, 7) is 1.32. The van der Waals surface area contributed by atoms with E-state index in [9.17, 15) is 19.2 Å². The van der Waals surface area contributed by atoms with Gasteiger partial charge in [-0.05, 0) is 6.07 Å². The Morgan fingerprint density at radius 3 is 2.54 bits per heavy atom. The van der Waals surface area contributed by atoms with Gasteiger partial charge in [0.05, 0.1) is 0 Å². The summed E-state index contributed by atoms with van der Waals surface area (Å²) >= 11 is 0. The summed E-state index contributed by atoms with van der Waals surface area (Å²) in [5.41, 5.74) is 0.909. The van der Waals surface area contributed by atoms with Crippen molar-refractivity contribution in [2.45, 2.75) is 37.9 Å². The summed E-state index contributed by atoms with van der Waals surface area (Å²) in [5.74, 6) is -2.25. The molecule has 0 spiro atoms. The summed E-state index contributed by atoms with van der Waals surface area (Å²) in [7, 11) is 0. The largest absolute Gasteiger partial charge is 0.463 e. The number of hydrogen-bond acceptors (Lipinski definition) is 11. The topological polar surface area (TPSA) is 155 Å². The Hall–Kier alpha value is -3.25. The van der Waals surface area contributed by atoms with E-state index in [0.717, 1.165) is 16.7 Å². The average molecular weight is 395 g/mol. The van der Waals surface area contributed by atoms with Crippen LogP contribution in [0.2, 0.25) is 0 Å². The van der Waals surface area contributed by atoms with Crippen molar-refractivity contribution >= 4 is 23.7 Å². The van der Waals surface area contributed by atoms with Crippen molar-refractivity contribution in [1.29, 1.82) is 0 Å². The van der Waals surface area contributed by atoms with Crippen molar-refractivity contribution in [3.05, 3.63) is 34.9 Å². The zero-order valence-electron chi connectivity index (χ0n) is 14.6. The van der Waals surface area contributed by atoms with Crippen molar-refractivity contribution in [2.24, 2.45) is 0 Å². The van der Waals surface area contributed by atoms with Gasteiger partial charge in [-0.3, -0.25) is 20.0 Å². The predicted octanol–water partition coefficient (Wildman–Crippen LogP) is -0.712. The molecule has 4 atom stereocenters. The fraction of sp³-hybridized carbons (Fsp3) is 0.438. The van der Waals surface area contributed by atoms with Crippen molar-refractivity contribution in [1.82, 2.24) is 9.55 Å². The summed E-state index contributed by atoms with van der Waals surface area (Å²) in [6, 6.07) is 1.28. The zero-order valence-corrected chi connectivity index (χ0v) is 14.6. The van der Waals surface area contributed by atoms with E-state index in [2.05, 4.69) is 4.98 Å². The second-order valence-electron chi connectivity index (χ2n) is 5.85. The van der Waals surface area contributed by atoms with Gasteiger partial charge in [0.25, 0.3) is 0 Å². The van der Waals surface area contributed by atoms with E-state index < -0.39 is 48.1 Å². The molecule has 2 aliphatic rings. The lowest BCUT2D eigenvalue weighted by molar-refractivity contribution is -0.165. The zero-order chi connectivity index (χ0) is 20.3. The van der Waals surface area contributed by atoms with Crippen LogP contribution in [0.4, 0.5) is 5.82 Å². The summed E-state index contributed by atoms with van der Waals surface area (Å²) in [6.07, 6.45) is -1.35. The number of anilines is 1. The number of carbonyl (C=O) groups excluding carboxylic acids is 3. The van der Waals surface area contributed by atoms with E-state index in [1.165, 1.54) is 12.3 Å². The number of ether oxygens (including phenoxy) is 4. The standard InChI is InChI=1S/C16H17N3O9/c1-2-10(20)25-7-8-13-14(28-12(22)4-3-11(21)27-13)15(26-8)19-6-5-9(18-24)17-16(19)23/h3-6,8,13-15,24H,2,7H2,1H3,(H,17,18,23)/b4-3-/t8-,13?,14-,15-/m1/s1. The molecule has 150 valence electrons. The molecule has 28 heavy (non-hydrogen) atoms. The third kappa shape index (κ3) is 4.02. The molecule has 12 heteroatoms. The number of carbonyl (C=O) groups is 3. The van der Waals surface area contributed by atoms with Gasteiger partial charge in [-0.1, -0.05) is 6.92 Å². The van der Waals surface area contributed by atoms with Crippen LogP contribution in [0.15, 0.2) is 29.2 Å². The van der Waals surface area contributed by atoms with Crippen LogP contribution >= 0.6 is 0 Å². The van der Waals surface area contributed by atoms with Crippen LogP contribution in [-0.4, -0.2) is 57.6 Å². The Kier molecular flexibility index (Phi) is 5.70. The van der Waals surface area contributed by atoms with E-state index in [0.29, 0.717) is 0 Å². The highest BCUT2D eigenvalue weighted by Gasteiger charge is 2.51. The normalized spacial score (nSPS) is 27.6. The number of hydrogen-bond donors (Lipinski definition) is 2. The van der Waals surface area contributed by atoms with Crippen LogP contribution in [0, 0.1) is 0 Å². The van der Waals surface area contributed by atoms with E-state index in [4.69, 9.17) is 24.2 Å². The fourth-order valence-corrected chi connectivity index (χ4v) is 2.76. The quantitative estimate of drug-likeness (QED) is 0.369. The second-order valence-corrected chi connectivity index (χ2v) is 5.85. The van der Waals surface area contributed by atoms with E-state index >= 15 is 0 Å². The number of nitrogens with zero attached hydrogens (tertiary/aromatic N) is 2. The molecule has 0 aliphatic carbocycles. The predicted molar refractivity (Wildman–Crippen MR) is 88.0 cm³/mol. The van der Waals surface area contributed by atoms with Gasteiger partial charge in [0.1, 0.15) is 12.7 Å². The third-order valence-corrected chi connectivity index (χ3v) is 4.06. The maximum atomic E-state index is 12.3. The minimum Gasteiger partial charge on any atom is -0.463 e. The number of rotatable bonds is 5. The van der Waals surface area contributed by atoms with Crippen LogP contribution in [-0.2, 0) is 33.3 Å². The van der Waals surface area contributed by atoms with Crippen molar-refractivity contribution in [3.8, 4) is 0 Å². The van der Waals surface area contributed by atoms with E-state index in [1.807, 2.05) is 0 Å². The molecule has 1 saturated heterocycles. The molecule has 0 saturated carbocycles. The van der Waals surface area contributed by atoms with Gasteiger partial charge in [0, 0.05) is 24.8 Å². The molecule has 0 bridgehead atoms. The summed E-state index contributed by atoms with van der Waals surface area (Å²) < 4.78 is 22.3. The van der Waals surface area contributed by atoms with Crippen molar-refractivity contribution in [3.63, 3.8) is 0 Å². The molecule has 2 N–H and O–H groups in total. The smallest absolute Gasteiger partial charge is 0.351 e. The maximum absolute atomic E-state index is 12.3. The number of fused-ring (bicyclic) bond motifs is 1. The molecular weight excluding hydrogens is 378 g/mol. The van der Waals surface area contributed by atoms with Crippen molar-refractivity contribution in [2.75, 3.05) is 12.1 Å². The minimum atomic E-state index is -1.20. The molecule has 1 aromatic rings. The Balaban J connectivity index is 1.94. The Bertz CT molecular complexity index is 865. The first-order chi connectivity index (χ1) is 13.4. The van der Waals surface area contributed by atoms with Gasteiger partial charge in [0.2, 0.25) is 0 Å². The van der Waals surface area contributed by atoms with E-state index in [1.54, 1.807) is 12.4 Å². The van der Waals surface area contributed by atoms with Gasteiger partial charge in [-0.25, -0.2) is 14.4 Å². The van der Waals surface area contributed by atoms with Crippen LogP contribution in [0.25, 0.3) is 0 Å². The molecular formula is C16H17N3O9. The molecule has 0 radical (unpaired) electrons. The maximum Gasteiger partial charge on any atom is 0.351 e. The van der Waals surface area contributed by atoms with Gasteiger partial charge in [-0.2, -0.15) is 4.98 Å². The molecule has 1 aromatic heterocycles. The molecule has 3 heterocycles. The fourth-order valence-electron chi connectivity index (χ4n) is 2.76. The lowest BCUT2D eigenvalue weighted by atomic mass is 10.1. The minimum absolute atomic E-state index is 0.103. The number of esters is 3. The monoisotopic (exact) mass is 395 g/mol. The van der Waals surface area contributed by atoms with Gasteiger partial charge in [0.15, 0.2) is 24.3 Å². The Morgan fingerprint density at radius 2 is 1.93 bits per heavy atom. The highest BCUT2D eigenvalue weighted by Crippen LogP contribution is 2.34. The highest BCUT2D eigenvalue weighted by molar-refractivity contribution is 5.92. The lowest BCUT2D eigenvalue weighted by Crippen LogP contribution is -2.43. The van der Waals surface area contributed by atoms with E-state index in [-0.39, 0.29) is 18.8 Å². The van der Waals surface area contributed by atoms with Crippen LogP contribution in [0.1, 0.15) is 19.6 Å². The number of nitrogens with one attached hydrogen (secondary N) is 1. The molecule has 0 amide bonds. The third-order valence-electron chi connectivity index (χ3n) is 4.06. The Labute approximate surface area is 157 Å². The van der Waals surface area contributed by atoms with Crippen LogP contribution in [0.3, 0.4) is 0 Å². The van der Waals surface area contributed by atoms with Gasteiger partial charge >= 0.3 is 23.6 Å². The summed E-state index contributed by atoms with van der Waals surface area (Å²) in [5, 5.41) is 8.85. The molecule has 3 rings (SSSR count). The molecule has 0 aromatic carbocycles. The molecule has 1 unspecified atom stereocenters. The van der Waals surface area contributed by atoms with Crippen molar-refractivity contribution < 1.29 is 38.5 Å². The number of aromatic nitrogens is 2. The van der Waals surface area contributed by atoms with Gasteiger partial charge in [-0.15, -0.1) is 0 Å². The SMILES string of the molecule is CCC(=O)OC[C@H]1O[C@@H](n2ccc(NO)nc2=O)[C@@H]2OC(=O)/C=C\C(=O)OC21. The van der Waals surface area contributed by atoms with Gasteiger partial charge < -0.3 is 18.9 Å². The highest BCUT2D eigenvalue weighted by atomic mass is 16.7. The Morgan fingerprint density at radius 1 is 1.25 bits per heavy atom. The summed E-state index contributed by atoms with van der Waals surface area (Å²) in [4.78, 5) is 51.1. The molecule has 12 nitrogen and oxygen atoms in total. The first-order valence-corrected chi connectivity index (χ1v) is 8.32. The van der Waals surface area contributed by atoms with Crippen LogP contribution in [0.5, 0.6) is 0 Å². The second kappa shape index (κ2) is 8.19. The first kappa shape index (κ1) is 19.5. The van der Waals surface area contributed by atoms with Crippen LogP contribution < -0.4 is 11.2 Å². The average Bonchev–Trinajstić information content (AvgIpc) is 2.99. The first-order valence-electron chi connectivity index (χ1n) is 8.32. The molecule has 1 fully saturated rings.